The summed E-state index contributed by atoms with van der Waals surface area (Å²) in [4.78, 5) is 8.44. The van der Waals surface area contributed by atoms with Gasteiger partial charge in [0.1, 0.15) is 5.75 Å². The molecule has 2 aromatic carbocycles. The van der Waals surface area contributed by atoms with Crippen molar-refractivity contribution in [2.75, 3.05) is 5.73 Å². The summed E-state index contributed by atoms with van der Waals surface area (Å²) in [6.07, 6.45) is 0. The zero-order valence-corrected chi connectivity index (χ0v) is 13.6. The number of aromatic nitrogens is 2. The van der Waals surface area contributed by atoms with Crippen LogP contribution in [0.4, 0.5) is 5.95 Å². The van der Waals surface area contributed by atoms with Crippen LogP contribution in [0.5, 0.6) is 5.75 Å². The third kappa shape index (κ3) is 2.91. The molecule has 0 amide bonds. The highest BCUT2D eigenvalue weighted by molar-refractivity contribution is 9.10. The van der Waals surface area contributed by atoms with E-state index in [1.807, 2.05) is 18.2 Å². The van der Waals surface area contributed by atoms with Crippen molar-refractivity contribution in [3.8, 4) is 28.3 Å². The summed E-state index contributed by atoms with van der Waals surface area (Å²) >= 11 is 9.59. The van der Waals surface area contributed by atoms with Crippen LogP contribution in [-0.4, -0.2) is 15.1 Å². The van der Waals surface area contributed by atoms with E-state index in [0.29, 0.717) is 22.0 Å². The number of nitrogen functional groups attached to an aromatic ring is 1. The van der Waals surface area contributed by atoms with Crippen molar-refractivity contribution in [1.29, 1.82) is 0 Å². The van der Waals surface area contributed by atoms with E-state index >= 15 is 0 Å². The number of benzene rings is 2. The molecule has 0 aliphatic carbocycles. The third-order valence-electron chi connectivity index (χ3n) is 3.13. The third-order valence-corrected chi connectivity index (χ3v) is 3.95. The minimum Gasteiger partial charge on any atom is -0.507 e. The molecule has 0 unspecified atom stereocenters. The zero-order chi connectivity index (χ0) is 15.7. The molecular weight excluding hydrogens is 366 g/mol. The summed E-state index contributed by atoms with van der Waals surface area (Å²) < 4.78 is 0.830. The fourth-order valence-corrected chi connectivity index (χ4v) is 2.72. The number of rotatable bonds is 2. The average molecular weight is 377 g/mol. The monoisotopic (exact) mass is 375 g/mol. The molecule has 0 radical (unpaired) electrons. The summed E-state index contributed by atoms with van der Waals surface area (Å²) in [5.74, 6) is 0.234. The van der Waals surface area contributed by atoms with Crippen molar-refractivity contribution in [2.45, 2.75) is 0 Å². The van der Waals surface area contributed by atoms with Gasteiger partial charge in [-0.3, -0.25) is 0 Å². The first-order valence-corrected chi connectivity index (χ1v) is 7.60. The lowest BCUT2D eigenvalue weighted by Crippen LogP contribution is -1.99. The molecule has 3 rings (SSSR count). The molecule has 110 valence electrons. The van der Waals surface area contributed by atoms with Crippen molar-refractivity contribution in [3.63, 3.8) is 0 Å². The van der Waals surface area contributed by atoms with Crippen LogP contribution in [0.2, 0.25) is 5.02 Å². The molecule has 0 saturated carbocycles. The molecule has 3 aromatic rings. The maximum atomic E-state index is 10.0. The molecular formula is C16H11BrClN3O. The van der Waals surface area contributed by atoms with Crippen LogP contribution in [0.3, 0.4) is 0 Å². The Morgan fingerprint density at radius 3 is 2.36 bits per heavy atom. The zero-order valence-electron chi connectivity index (χ0n) is 11.3. The second kappa shape index (κ2) is 5.94. The molecule has 0 bridgehead atoms. The lowest BCUT2D eigenvalue weighted by Gasteiger charge is -2.09. The van der Waals surface area contributed by atoms with Crippen molar-refractivity contribution >= 4 is 33.5 Å². The van der Waals surface area contributed by atoms with Gasteiger partial charge in [-0.15, -0.1) is 0 Å². The van der Waals surface area contributed by atoms with Gasteiger partial charge in [-0.05, 0) is 30.3 Å². The Balaban J connectivity index is 2.19. The normalized spacial score (nSPS) is 10.6. The van der Waals surface area contributed by atoms with E-state index in [4.69, 9.17) is 17.3 Å². The van der Waals surface area contributed by atoms with Crippen molar-refractivity contribution in [2.24, 2.45) is 0 Å². The number of halogens is 2. The minimum atomic E-state index is 0.117. The molecule has 0 saturated heterocycles. The minimum absolute atomic E-state index is 0.117. The largest absolute Gasteiger partial charge is 0.507 e. The molecule has 0 atom stereocenters. The Kier molecular flexibility index (Phi) is 4.00. The van der Waals surface area contributed by atoms with Crippen molar-refractivity contribution in [3.05, 3.63) is 58.0 Å². The molecule has 1 heterocycles. The molecule has 0 aliphatic rings. The number of anilines is 1. The highest BCUT2D eigenvalue weighted by Gasteiger charge is 2.12. The molecule has 0 aliphatic heterocycles. The van der Waals surface area contributed by atoms with Crippen LogP contribution in [0.15, 0.2) is 53.0 Å². The molecule has 22 heavy (non-hydrogen) atoms. The summed E-state index contributed by atoms with van der Waals surface area (Å²) in [6, 6.07) is 14.2. The lowest BCUT2D eigenvalue weighted by molar-refractivity contribution is 0.477. The Bertz CT molecular complexity index is 855. The second-order valence-electron chi connectivity index (χ2n) is 4.64. The quantitative estimate of drug-likeness (QED) is 0.690. The van der Waals surface area contributed by atoms with E-state index in [1.54, 1.807) is 30.3 Å². The number of hydrogen-bond donors (Lipinski definition) is 2. The number of hydrogen-bond acceptors (Lipinski definition) is 4. The number of nitrogens with two attached hydrogens (primary N) is 1. The fraction of sp³-hybridized carbons (Fsp3) is 0. The van der Waals surface area contributed by atoms with Crippen LogP contribution < -0.4 is 5.73 Å². The highest BCUT2D eigenvalue weighted by atomic mass is 79.9. The van der Waals surface area contributed by atoms with Gasteiger partial charge >= 0.3 is 0 Å². The number of aromatic hydroxyl groups is 1. The van der Waals surface area contributed by atoms with Gasteiger partial charge in [0.15, 0.2) is 0 Å². The van der Waals surface area contributed by atoms with Gasteiger partial charge < -0.3 is 10.8 Å². The molecule has 1 aromatic heterocycles. The topological polar surface area (TPSA) is 72.0 Å². The van der Waals surface area contributed by atoms with Gasteiger partial charge in [0.2, 0.25) is 5.95 Å². The second-order valence-corrected chi connectivity index (χ2v) is 5.96. The van der Waals surface area contributed by atoms with Gasteiger partial charge in [0.05, 0.1) is 11.4 Å². The van der Waals surface area contributed by atoms with Crippen LogP contribution in [0.1, 0.15) is 0 Å². The number of nitrogens with zero attached hydrogens (tertiary/aromatic N) is 2. The lowest BCUT2D eigenvalue weighted by atomic mass is 10.1. The summed E-state index contributed by atoms with van der Waals surface area (Å²) in [5.41, 5.74) is 8.27. The predicted octanol–water partition coefficient (Wildman–Crippen LogP) is 4.51. The average Bonchev–Trinajstić information content (AvgIpc) is 2.49. The Morgan fingerprint density at radius 1 is 0.955 bits per heavy atom. The highest BCUT2D eigenvalue weighted by Crippen LogP contribution is 2.34. The van der Waals surface area contributed by atoms with Crippen molar-refractivity contribution < 1.29 is 5.11 Å². The van der Waals surface area contributed by atoms with E-state index < -0.39 is 0 Å². The summed E-state index contributed by atoms with van der Waals surface area (Å²) in [5, 5.41) is 10.6. The van der Waals surface area contributed by atoms with Crippen LogP contribution in [0, 0.1) is 0 Å². The summed E-state index contributed by atoms with van der Waals surface area (Å²) in [7, 11) is 0. The van der Waals surface area contributed by atoms with Crippen LogP contribution in [0.25, 0.3) is 22.5 Å². The SMILES string of the molecule is Nc1nc(-c2cc(Br)ccc2O)cc(-c2ccccc2Cl)n1. The Labute approximate surface area is 140 Å². The maximum absolute atomic E-state index is 10.0. The van der Waals surface area contributed by atoms with Gasteiger partial charge in [-0.25, -0.2) is 9.97 Å². The molecule has 4 nitrogen and oxygen atoms in total. The standard InChI is InChI=1S/C16H11BrClN3O/c17-9-5-6-15(22)11(7-9)14-8-13(20-16(19)21-14)10-3-1-2-4-12(10)18/h1-8,22H,(H2,19,20,21). The smallest absolute Gasteiger partial charge is 0.221 e. The van der Waals surface area contributed by atoms with Crippen LogP contribution >= 0.6 is 27.5 Å². The van der Waals surface area contributed by atoms with Gasteiger partial charge in [0.25, 0.3) is 0 Å². The van der Waals surface area contributed by atoms with Gasteiger partial charge in [-0.2, -0.15) is 0 Å². The predicted molar refractivity (Wildman–Crippen MR) is 91.7 cm³/mol. The Hall–Kier alpha value is -2.11. The molecule has 3 N–H and O–H groups in total. The van der Waals surface area contributed by atoms with Gasteiger partial charge in [0, 0.05) is 20.6 Å². The van der Waals surface area contributed by atoms with E-state index in [0.717, 1.165) is 10.0 Å². The summed E-state index contributed by atoms with van der Waals surface area (Å²) in [6.45, 7) is 0. The molecule has 0 spiro atoms. The van der Waals surface area contributed by atoms with Gasteiger partial charge in [-0.1, -0.05) is 45.7 Å². The van der Waals surface area contributed by atoms with E-state index in [-0.39, 0.29) is 11.7 Å². The number of phenolic OH excluding ortho intramolecular Hbond substituents is 1. The van der Waals surface area contributed by atoms with Crippen LogP contribution in [-0.2, 0) is 0 Å². The maximum Gasteiger partial charge on any atom is 0.221 e. The fourth-order valence-electron chi connectivity index (χ4n) is 2.12. The van der Waals surface area contributed by atoms with E-state index in [2.05, 4.69) is 25.9 Å². The van der Waals surface area contributed by atoms with E-state index in [1.165, 1.54) is 0 Å². The van der Waals surface area contributed by atoms with E-state index in [9.17, 15) is 5.11 Å². The first kappa shape index (κ1) is 14.8. The first-order chi connectivity index (χ1) is 10.5. The first-order valence-electron chi connectivity index (χ1n) is 6.43. The van der Waals surface area contributed by atoms with Crippen molar-refractivity contribution in [1.82, 2.24) is 9.97 Å². The number of phenols is 1. The molecule has 6 heteroatoms. The Morgan fingerprint density at radius 2 is 1.64 bits per heavy atom. The molecule has 0 fully saturated rings.